The van der Waals surface area contributed by atoms with Gasteiger partial charge in [0.05, 0.1) is 12.2 Å². The van der Waals surface area contributed by atoms with Gasteiger partial charge in [-0.2, -0.15) is 0 Å². The van der Waals surface area contributed by atoms with Crippen LogP contribution in [0.5, 0.6) is 11.5 Å². The second-order valence-corrected chi connectivity index (χ2v) is 4.96. The van der Waals surface area contributed by atoms with E-state index < -0.39 is 0 Å². The average molecular weight is 268 g/mol. The zero-order valence-electron chi connectivity index (χ0n) is 11.4. The minimum Gasteiger partial charge on any atom is -0.492 e. The standard InChI is InChI=1S/C17H16O3/c1-12-3-2-4-13(9-12)11-20-14-5-6-15-16(18)7-8-19-17(15)10-14/h2-6,9-10H,7-8,11H2,1H3. The van der Waals surface area contributed by atoms with Crippen molar-refractivity contribution in [2.24, 2.45) is 0 Å². The van der Waals surface area contributed by atoms with Gasteiger partial charge in [-0.3, -0.25) is 4.79 Å². The molecule has 0 N–H and O–H groups in total. The Morgan fingerprint density at radius 2 is 2.10 bits per heavy atom. The summed E-state index contributed by atoms with van der Waals surface area (Å²) in [5.74, 6) is 1.49. The molecule has 102 valence electrons. The van der Waals surface area contributed by atoms with E-state index in [-0.39, 0.29) is 5.78 Å². The molecule has 2 aromatic rings. The van der Waals surface area contributed by atoms with Crippen LogP contribution >= 0.6 is 0 Å². The lowest BCUT2D eigenvalue weighted by Gasteiger charge is -2.17. The first kappa shape index (κ1) is 12.7. The summed E-state index contributed by atoms with van der Waals surface area (Å²) >= 11 is 0. The van der Waals surface area contributed by atoms with Gasteiger partial charge in [0.2, 0.25) is 0 Å². The summed E-state index contributed by atoms with van der Waals surface area (Å²) in [6.45, 7) is 3.02. The molecule has 3 heteroatoms. The SMILES string of the molecule is Cc1cccc(COc2ccc3c(c2)OCCC3=O)c1. The van der Waals surface area contributed by atoms with Crippen LogP contribution in [0.2, 0.25) is 0 Å². The van der Waals surface area contributed by atoms with E-state index in [0.29, 0.717) is 30.9 Å². The summed E-state index contributed by atoms with van der Waals surface area (Å²) in [6.07, 6.45) is 0.455. The van der Waals surface area contributed by atoms with Crippen LogP contribution in [-0.2, 0) is 6.61 Å². The molecule has 0 saturated heterocycles. The maximum absolute atomic E-state index is 11.7. The first-order valence-corrected chi connectivity index (χ1v) is 6.71. The number of carbonyl (C=O) groups excluding carboxylic acids is 1. The normalized spacial score (nSPS) is 13.6. The van der Waals surface area contributed by atoms with Gasteiger partial charge in [0.1, 0.15) is 18.1 Å². The number of benzene rings is 2. The molecule has 0 aliphatic carbocycles. The fraction of sp³-hybridized carbons (Fsp3) is 0.235. The molecule has 1 aliphatic rings. The maximum atomic E-state index is 11.7. The predicted octanol–water partition coefficient (Wildman–Crippen LogP) is 3.54. The maximum Gasteiger partial charge on any atom is 0.169 e. The Balaban J connectivity index is 1.74. The Labute approximate surface area is 118 Å². The van der Waals surface area contributed by atoms with Crippen molar-refractivity contribution in [2.75, 3.05) is 6.61 Å². The van der Waals surface area contributed by atoms with E-state index in [0.717, 1.165) is 11.3 Å². The zero-order valence-corrected chi connectivity index (χ0v) is 11.4. The van der Waals surface area contributed by atoms with E-state index in [9.17, 15) is 4.79 Å². The number of Topliss-reactive ketones (excluding diaryl/α,β-unsaturated/α-hetero) is 1. The van der Waals surface area contributed by atoms with Crippen molar-refractivity contribution < 1.29 is 14.3 Å². The van der Waals surface area contributed by atoms with Crippen molar-refractivity contribution in [3.8, 4) is 11.5 Å². The van der Waals surface area contributed by atoms with E-state index in [1.54, 1.807) is 12.1 Å². The Bertz CT molecular complexity index is 646. The summed E-state index contributed by atoms with van der Waals surface area (Å²) in [6, 6.07) is 13.6. The molecule has 0 amide bonds. The zero-order chi connectivity index (χ0) is 13.9. The Hall–Kier alpha value is -2.29. The molecule has 0 saturated carbocycles. The highest BCUT2D eigenvalue weighted by Crippen LogP contribution is 2.29. The predicted molar refractivity (Wildman–Crippen MR) is 76.4 cm³/mol. The second-order valence-electron chi connectivity index (χ2n) is 4.96. The molecule has 2 aromatic carbocycles. The van der Waals surface area contributed by atoms with Crippen LogP contribution in [0, 0.1) is 6.92 Å². The van der Waals surface area contributed by atoms with Crippen LogP contribution in [-0.4, -0.2) is 12.4 Å². The van der Waals surface area contributed by atoms with Gasteiger partial charge in [-0.25, -0.2) is 0 Å². The first-order chi connectivity index (χ1) is 9.72. The van der Waals surface area contributed by atoms with Gasteiger partial charge in [-0.1, -0.05) is 29.8 Å². The molecule has 0 fully saturated rings. The Kier molecular flexibility index (Phi) is 3.42. The first-order valence-electron chi connectivity index (χ1n) is 6.71. The lowest BCUT2D eigenvalue weighted by molar-refractivity contribution is 0.0933. The van der Waals surface area contributed by atoms with Gasteiger partial charge in [0.15, 0.2) is 5.78 Å². The number of carbonyl (C=O) groups is 1. The molecule has 20 heavy (non-hydrogen) atoms. The third-order valence-electron chi connectivity index (χ3n) is 3.33. The monoisotopic (exact) mass is 268 g/mol. The number of rotatable bonds is 3. The Morgan fingerprint density at radius 3 is 2.95 bits per heavy atom. The fourth-order valence-corrected chi connectivity index (χ4v) is 2.30. The van der Waals surface area contributed by atoms with Crippen LogP contribution in [0.15, 0.2) is 42.5 Å². The van der Waals surface area contributed by atoms with Gasteiger partial charge in [-0.05, 0) is 24.6 Å². The molecule has 0 bridgehead atoms. The van der Waals surface area contributed by atoms with Crippen LogP contribution < -0.4 is 9.47 Å². The van der Waals surface area contributed by atoms with Crippen molar-refractivity contribution in [3.63, 3.8) is 0 Å². The van der Waals surface area contributed by atoms with Crippen molar-refractivity contribution in [1.82, 2.24) is 0 Å². The van der Waals surface area contributed by atoms with Gasteiger partial charge in [-0.15, -0.1) is 0 Å². The van der Waals surface area contributed by atoms with Gasteiger partial charge < -0.3 is 9.47 Å². The van der Waals surface area contributed by atoms with Crippen LogP contribution in [0.25, 0.3) is 0 Å². The molecular formula is C17H16O3. The lowest BCUT2D eigenvalue weighted by atomic mass is 10.1. The number of hydrogen-bond acceptors (Lipinski definition) is 3. The van der Waals surface area contributed by atoms with Gasteiger partial charge in [0.25, 0.3) is 0 Å². The third-order valence-corrected chi connectivity index (χ3v) is 3.33. The number of fused-ring (bicyclic) bond motifs is 1. The molecule has 1 heterocycles. The van der Waals surface area contributed by atoms with Crippen LogP contribution in [0.3, 0.4) is 0 Å². The van der Waals surface area contributed by atoms with E-state index in [1.807, 2.05) is 18.2 Å². The number of aryl methyl sites for hydroxylation is 1. The van der Waals surface area contributed by atoms with E-state index in [2.05, 4.69) is 19.1 Å². The van der Waals surface area contributed by atoms with Crippen LogP contribution in [0.1, 0.15) is 27.9 Å². The molecule has 1 aliphatic heterocycles. The van der Waals surface area contributed by atoms with E-state index in [1.165, 1.54) is 5.56 Å². The molecule has 0 radical (unpaired) electrons. The highest BCUT2D eigenvalue weighted by molar-refractivity contribution is 5.99. The highest BCUT2D eigenvalue weighted by Gasteiger charge is 2.18. The summed E-state index contributed by atoms with van der Waals surface area (Å²) in [7, 11) is 0. The van der Waals surface area contributed by atoms with Crippen molar-refractivity contribution in [2.45, 2.75) is 20.0 Å². The number of ether oxygens (including phenoxy) is 2. The minimum atomic E-state index is 0.136. The molecule has 0 aromatic heterocycles. The summed E-state index contributed by atoms with van der Waals surface area (Å²) in [5, 5.41) is 0. The Morgan fingerprint density at radius 1 is 1.20 bits per heavy atom. The van der Waals surface area contributed by atoms with E-state index >= 15 is 0 Å². The topological polar surface area (TPSA) is 35.5 Å². The molecule has 0 atom stereocenters. The second kappa shape index (κ2) is 5.37. The largest absolute Gasteiger partial charge is 0.492 e. The number of hydrogen-bond donors (Lipinski definition) is 0. The molecule has 3 rings (SSSR count). The molecule has 3 nitrogen and oxygen atoms in total. The highest BCUT2D eigenvalue weighted by atomic mass is 16.5. The summed E-state index contributed by atoms with van der Waals surface area (Å²) in [4.78, 5) is 11.7. The van der Waals surface area contributed by atoms with Crippen LogP contribution in [0.4, 0.5) is 0 Å². The van der Waals surface area contributed by atoms with Crippen molar-refractivity contribution in [3.05, 3.63) is 59.2 Å². The fourth-order valence-electron chi connectivity index (χ4n) is 2.30. The van der Waals surface area contributed by atoms with Gasteiger partial charge >= 0.3 is 0 Å². The van der Waals surface area contributed by atoms with E-state index in [4.69, 9.17) is 9.47 Å². The lowest BCUT2D eigenvalue weighted by Crippen LogP contribution is -2.15. The minimum absolute atomic E-state index is 0.136. The molecule has 0 spiro atoms. The van der Waals surface area contributed by atoms with Crippen molar-refractivity contribution >= 4 is 5.78 Å². The average Bonchev–Trinajstić information content (AvgIpc) is 2.45. The summed E-state index contributed by atoms with van der Waals surface area (Å²) in [5.41, 5.74) is 2.99. The van der Waals surface area contributed by atoms with Gasteiger partial charge in [0, 0.05) is 12.5 Å². The quantitative estimate of drug-likeness (QED) is 0.854. The molecular weight excluding hydrogens is 252 g/mol. The van der Waals surface area contributed by atoms with Crippen molar-refractivity contribution in [1.29, 1.82) is 0 Å². The number of ketones is 1. The third kappa shape index (κ3) is 2.67. The smallest absolute Gasteiger partial charge is 0.169 e. The molecule has 0 unspecified atom stereocenters. The summed E-state index contributed by atoms with van der Waals surface area (Å²) < 4.78 is 11.3.